The first-order valence-corrected chi connectivity index (χ1v) is 5.20. The van der Waals surface area contributed by atoms with Crippen LogP contribution in [0, 0.1) is 0 Å². The van der Waals surface area contributed by atoms with Gasteiger partial charge in [-0.2, -0.15) is 0 Å². The molecule has 0 saturated carbocycles. The summed E-state index contributed by atoms with van der Waals surface area (Å²) < 4.78 is 0. The minimum Gasteiger partial charge on any atom is -0.507 e. The topological polar surface area (TPSA) is 20.2 Å². The van der Waals surface area contributed by atoms with E-state index in [-0.39, 0.29) is 0 Å². The molecule has 0 spiro atoms. The molecule has 0 unspecified atom stereocenters. The molecule has 2 aromatic carbocycles. The van der Waals surface area contributed by atoms with Gasteiger partial charge in [-0.05, 0) is 23.3 Å². The number of allylic oxidation sites excluding steroid dienone is 1. The Labute approximate surface area is 89.7 Å². The number of hydrogen-bond acceptors (Lipinski definition) is 1. The average Bonchev–Trinajstić information content (AvgIpc) is 2.28. The fourth-order valence-electron chi connectivity index (χ4n) is 1.69. The van der Waals surface area contributed by atoms with Gasteiger partial charge in [0.1, 0.15) is 5.75 Å². The monoisotopic (exact) mass is 198 g/mol. The molecule has 0 aliphatic rings. The summed E-state index contributed by atoms with van der Waals surface area (Å²) in [6, 6.07) is 11.8. The lowest BCUT2D eigenvalue weighted by atomic mass is 10.0. The van der Waals surface area contributed by atoms with Crippen LogP contribution in [0.3, 0.4) is 0 Å². The zero-order chi connectivity index (χ0) is 10.7. The van der Waals surface area contributed by atoms with Crippen molar-refractivity contribution in [2.24, 2.45) is 0 Å². The van der Waals surface area contributed by atoms with Crippen LogP contribution in [0.25, 0.3) is 16.8 Å². The Balaban J connectivity index is 2.68. The van der Waals surface area contributed by atoms with Crippen molar-refractivity contribution in [2.45, 2.75) is 13.3 Å². The highest BCUT2D eigenvalue weighted by atomic mass is 16.3. The Hall–Kier alpha value is -1.76. The summed E-state index contributed by atoms with van der Waals surface area (Å²) in [5.74, 6) is 0.346. The average molecular weight is 198 g/mol. The van der Waals surface area contributed by atoms with Crippen LogP contribution >= 0.6 is 0 Å². The zero-order valence-corrected chi connectivity index (χ0v) is 8.77. The molecule has 1 nitrogen and oxygen atoms in total. The molecule has 0 atom stereocenters. The number of phenols is 1. The van der Waals surface area contributed by atoms with Gasteiger partial charge in [0.15, 0.2) is 0 Å². The van der Waals surface area contributed by atoms with Gasteiger partial charge in [0, 0.05) is 5.56 Å². The summed E-state index contributed by atoms with van der Waals surface area (Å²) in [5.41, 5.74) is 0.912. The molecule has 0 radical (unpaired) electrons. The first-order chi connectivity index (χ1) is 7.33. The molecule has 1 N–H and O–H groups in total. The third-order valence-electron chi connectivity index (χ3n) is 2.47. The van der Waals surface area contributed by atoms with Gasteiger partial charge in [-0.25, -0.2) is 0 Å². The maximum absolute atomic E-state index is 9.78. The molecule has 0 aromatic heterocycles. The second-order valence-electron chi connectivity index (χ2n) is 3.53. The van der Waals surface area contributed by atoms with E-state index in [0.29, 0.717) is 5.75 Å². The number of aromatic hydroxyl groups is 1. The number of hydrogen-bond donors (Lipinski definition) is 1. The predicted molar refractivity (Wildman–Crippen MR) is 64.9 cm³/mol. The predicted octanol–water partition coefficient (Wildman–Crippen LogP) is 3.97. The van der Waals surface area contributed by atoms with Gasteiger partial charge >= 0.3 is 0 Å². The molecule has 0 fully saturated rings. The summed E-state index contributed by atoms with van der Waals surface area (Å²) in [5, 5.41) is 12.0. The highest BCUT2D eigenvalue weighted by molar-refractivity contribution is 5.92. The minimum absolute atomic E-state index is 0.346. The van der Waals surface area contributed by atoms with E-state index in [1.54, 1.807) is 6.07 Å². The summed E-state index contributed by atoms with van der Waals surface area (Å²) in [6.07, 6.45) is 5.02. The maximum Gasteiger partial charge on any atom is 0.123 e. The van der Waals surface area contributed by atoms with Gasteiger partial charge in [-0.15, -0.1) is 0 Å². The Morgan fingerprint density at radius 2 is 1.93 bits per heavy atom. The van der Waals surface area contributed by atoms with E-state index in [0.717, 1.165) is 22.8 Å². The maximum atomic E-state index is 9.78. The first kappa shape index (κ1) is 9.78. The van der Waals surface area contributed by atoms with Crippen molar-refractivity contribution in [2.75, 3.05) is 0 Å². The molecule has 0 aliphatic heterocycles. The van der Waals surface area contributed by atoms with E-state index < -0.39 is 0 Å². The van der Waals surface area contributed by atoms with Crippen molar-refractivity contribution in [3.8, 4) is 5.75 Å². The van der Waals surface area contributed by atoms with Gasteiger partial charge in [0.25, 0.3) is 0 Å². The van der Waals surface area contributed by atoms with Crippen molar-refractivity contribution in [1.82, 2.24) is 0 Å². The Bertz CT molecular complexity index is 498. The van der Waals surface area contributed by atoms with E-state index in [2.05, 4.69) is 19.1 Å². The lowest BCUT2D eigenvalue weighted by Gasteiger charge is -2.04. The summed E-state index contributed by atoms with van der Waals surface area (Å²) in [4.78, 5) is 0. The molecule has 1 heteroatoms. The second-order valence-corrected chi connectivity index (χ2v) is 3.53. The fraction of sp³-hybridized carbons (Fsp3) is 0.143. The highest BCUT2D eigenvalue weighted by Gasteiger charge is 2.02. The van der Waals surface area contributed by atoms with E-state index in [1.165, 1.54) is 0 Å². The second kappa shape index (κ2) is 4.18. The molecule has 0 saturated heterocycles. The molecule has 15 heavy (non-hydrogen) atoms. The molecule has 2 aromatic rings. The SMILES string of the molecule is CC/C=C/c1c(O)ccc2ccccc12. The number of phenolic OH excluding ortho intramolecular Hbond substituents is 1. The third kappa shape index (κ3) is 1.86. The minimum atomic E-state index is 0.346. The Morgan fingerprint density at radius 3 is 2.73 bits per heavy atom. The van der Waals surface area contributed by atoms with E-state index in [4.69, 9.17) is 0 Å². The molecule has 0 bridgehead atoms. The van der Waals surface area contributed by atoms with E-state index in [9.17, 15) is 5.11 Å². The van der Waals surface area contributed by atoms with Crippen LogP contribution in [0.1, 0.15) is 18.9 Å². The lowest BCUT2D eigenvalue weighted by molar-refractivity contribution is 0.475. The molecule has 76 valence electrons. The largest absolute Gasteiger partial charge is 0.507 e. The molecule has 0 aliphatic carbocycles. The third-order valence-corrected chi connectivity index (χ3v) is 2.47. The van der Waals surface area contributed by atoms with Crippen molar-refractivity contribution in [3.63, 3.8) is 0 Å². The summed E-state index contributed by atoms with van der Waals surface area (Å²) >= 11 is 0. The van der Waals surface area contributed by atoms with Gasteiger partial charge < -0.3 is 5.11 Å². The van der Waals surface area contributed by atoms with Crippen molar-refractivity contribution in [3.05, 3.63) is 48.0 Å². The van der Waals surface area contributed by atoms with Gasteiger partial charge in [0.05, 0.1) is 0 Å². The summed E-state index contributed by atoms with van der Waals surface area (Å²) in [7, 11) is 0. The number of benzene rings is 2. The van der Waals surface area contributed by atoms with Crippen LogP contribution in [0.5, 0.6) is 5.75 Å². The highest BCUT2D eigenvalue weighted by Crippen LogP contribution is 2.28. The van der Waals surface area contributed by atoms with E-state index in [1.807, 2.05) is 30.3 Å². The van der Waals surface area contributed by atoms with Crippen LogP contribution in [-0.4, -0.2) is 5.11 Å². The van der Waals surface area contributed by atoms with Crippen LogP contribution in [-0.2, 0) is 0 Å². The van der Waals surface area contributed by atoms with Crippen LogP contribution < -0.4 is 0 Å². The molecular formula is C14H14O. The zero-order valence-electron chi connectivity index (χ0n) is 8.77. The normalized spacial score (nSPS) is 11.3. The van der Waals surface area contributed by atoms with E-state index >= 15 is 0 Å². The molecular weight excluding hydrogens is 184 g/mol. The van der Waals surface area contributed by atoms with Crippen LogP contribution in [0.15, 0.2) is 42.5 Å². The van der Waals surface area contributed by atoms with Crippen LogP contribution in [0.2, 0.25) is 0 Å². The Kier molecular flexibility index (Phi) is 2.72. The molecule has 0 heterocycles. The lowest BCUT2D eigenvalue weighted by Crippen LogP contribution is -1.79. The van der Waals surface area contributed by atoms with Crippen LogP contribution in [0.4, 0.5) is 0 Å². The van der Waals surface area contributed by atoms with Gasteiger partial charge in [0.2, 0.25) is 0 Å². The number of rotatable bonds is 2. The Morgan fingerprint density at radius 1 is 1.13 bits per heavy atom. The van der Waals surface area contributed by atoms with Crippen molar-refractivity contribution < 1.29 is 5.11 Å². The quantitative estimate of drug-likeness (QED) is 0.774. The van der Waals surface area contributed by atoms with Crippen molar-refractivity contribution in [1.29, 1.82) is 0 Å². The van der Waals surface area contributed by atoms with Gasteiger partial charge in [-0.1, -0.05) is 49.4 Å². The molecule has 0 amide bonds. The number of fused-ring (bicyclic) bond motifs is 1. The standard InChI is InChI=1S/C14H14O/c1-2-3-7-13-12-8-5-4-6-11(12)9-10-14(13)15/h3-10,15H,2H2,1H3/b7-3+. The van der Waals surface area contributed by atoms with Crippen molar-refractivity contribution >= 4 is 16.8 Å². The van der Waals surface area contributed by atoms with Gasteiger partial charge in [-0.3, -0.25) is 0 Å². The fourth-order valence-corrected chi connectivity index (χ4v) is 1.69. The molecule has 2 rings (SSSR count). The summed E-state index contributed by atoms with van der Waals surface area (Å²) in [6.45, 7) is 2.08. The smallest absolute Gasteiger partial charge is 0.123 e. The first-order valence-electron chi connectivity index (χ1n) is 5.20.